The van der Waals surface area contributed by atoms with E-state index in [2.05, 4.69) is 5.32 Å². The van der Waals surface area contributed by atoms with Gasteiger partial charge in [-0.2, -0.15) is 13.2 Å². The monoisotopic (exact) mass is 276 g/mol. The first kappa shape index (κ1) is 14.8. The summed E-state index contributed by atoms with van der Waals surface area (Å²) in [4.78, 5) is 21.4. The van der Waals surface area contributed by atoms with Crippen molar-refractivity contribution >= 4 is 17.6 Å². The third-order valence-electron chi connectivity index (χ3n) is 2.27. The van der Waals surface area contributed by atoms with Crippen LogP contribution in [0.25, 0.3) is 0 Å². The number of aliphatic carboxylic acids is 1. The number of hydrogen-bond donors (Lipinski definition) is 3. The predicted octanol–water partition coefficient (Wildman–Crippen LogP) is 1.69. The van der Waals surface area contributed by atoms with Gasteiger partial charge in [0.2, 0.25) is 0 Å². The minimum Gasteiger partial charge on any atom is -0.481 e. The molecular formula is C11H11F3N2O3. The van der Waals surface area contributed by atoms with E-state index in [1.807, 2.05) is 0 Å². The van der Waals surface area contributed by atoms with Gasteiger partial charge in [0, 0.05) is 12.2 Å². The second kappa shape index (κ2) is 5.59. The van der Waals surface area contributed by atoms with Crippen molar-refractivity contribution in [2.24, 2.45) is 5.73 Å². The number of primary amides is 1. The topological polar surface area (TPSA) is 92.4 Å². The van der Waals surface area contributed by atoms with Crippen molar-refractivity contribution in [1.82, 2.24) is 0 Å². The molecule has 1 aromatic rings. The zero-order valence-electron chi connectivity index (χ0n) is 9.62. The highest BCUT2D eigenvalue weighted by molar-refractivity contribution is 5.98. The van der Waals surface area contributed by atoms with Crippen molar-refractivity contribution < 1.29 is 27.9 Å². The van der Waals surface area contributed by atoms with Crippen LogP contribution in [0.15, 0.2) is 18.2 Å². The lowest BCUT2D eigenvalue weighted by molar-refractivity contribution is -0.138. The summed E-state index contributed by atoms with van der Waals surface area (Å²) >= 11 is 0. The summed E-state index contributed by atoms with van der Waals surface area (Å²) in [5.74, 6) is -2.09. The van der Waals surface area contributed by atoms with Crippen molar-refractivity contribution in [3.63, 3.8) is 0 Å². The fraction of sp³-hybridized carbons (Fsp3) is 0.273. The Morgan fingerprint density at radius 2 is 1.95 bits per heavy atom. The lowest BCUT2D eigenvalue weighted by atomic mass is 10.1. The Kier molecular flexibility index (Phi) is 4.36. The van der Waals surface area contributed by atoms with E-state index in [1.54, 1.807) is 0 Å². The van der Waals surface area contributed by atoms with Gasteiger partial charge in [-0.25, -0.2) is 0 Å². The average molecular weight is 276 g/mol. The van der Waals surface area contributed by atoms with E-state index in [1.165, 1.54) is 0 Å². The molecule has 0 aliphatic carbocycles. The number of carboxylic acids is 1. The summed E-state index contributed by atoms with van der Waals surface area (Å²) in [5, 5.41) is 11.0. The summed E-state index contributed by atoms with van der Waals surface area (Å²) in [6.45, 7) is -0.0268. The highest BCUT2D eigenvalue weighted by atomic mass is 19.4. The number of nitrogens with two attached hydrogens (primary N) is 1. The molecule has 0 radical (unpaired) electrons. The van der Waals surface area contributed by atoms with Gasteiger partial charge in [0.1, 0.15) is 0 Å². The highest BCUT2D eigenvalue weighted by Crippen LogP contribution is 2.31. The van der Waals surface area contributed by atoms with E-state index in [4.69, 9.17) is 10.8 Å². The van der Waals surface area contributed by atoms with Crippen molar-refractivity contribution in [1.29, 1.82) is 0 Å². The Balaban J connectivity index is 2.99. The van der Waals surface area contributed by atoms with Crippen LogP contribution in [0.3, 0.4) is 0 Å². The second-order valence-corrected chi connectivity index (χ2v) is 3.69. The molecular weight excluding hydrogens is 265 g/mol. The van der Waals surface area contributed by atoms with Crippen molar-refractivity contribution in [2.45, 2.75) is 12.6 Å². The Bertz CT molecular complexity index is 500. The summed E-state index contributed by atoms with van der Waals surface area (Å²) in [6, 6.07) is 2.46. The maximum atomic E-state index is 12.5. The Labute approximate surface area is 106 Å². The number of nitrogens with one attached hydrogen (secondary N) is 1. The van der Waals surface area contributed by atoms with Gasteiger partial charge in [0.15, 0.2) is 0 Å². The van der Waals surface area contributed by atoms with Crippen LogP contribution in [0.2, 0.25) is 0 Å². The molecule has 0 aliphatic rings. The van der Waals surface area contributed by atoms with Crippen molar-refractivity contribution in [2.75, 3.05) is 11.9 Å². The molecule has 1 aromatic carbocycles. The third kappa shape index (κ3) is 4.16. The Hall–Kier alpha value is -2.25. The first-order valence-corrected chi connectivity index (χ1v) is 5.18. The molecule has 0 aromatic heterocycles. The van der Waals surface area contributed by atoms with Gasteiger partial charge >= 0.3 is 12.1 Å². The molecule has 1 rings (SSSR count). The normalized spacial score (nSPS) is 11.1. The Morgan fingerprint density at radius 3 is 2.42 bits per heavy atom. The van der Waals surface area contributed by atoms with Crippen LogP contribution in [0.5, 0.6) is 0 Å². The zero-order valence-corrected chi connectivity index (χ0v) is 9.62. The van der Waals surface area contributed by atoms with Gasteiger partial charge in [-0.05, 0) is 18.2 Å². The quantitative estimate of drug-likeness (QED) is 0.763. The molecule has 0 bridgehead atoms. The molecule has 104 valence electrons. The standard InChI is InChI=1S/C11H11F3N2O3/c12-11(13,14)6-1-2-8(7(5-6)10(15)19)16-4-3-9(17)18/h1-2,5,16H,3-4H2,(H2,15,19)(H,17,18). The lowest BCUT2D eigenvalue weighted by Crippen LogP contribution is -2.17. The molecule has 0 saturated heterocycles. The number of rotatable bonds is 5. The van der Waals surface area contributed by atoms with Crippen LogP contribution >= 0.6 is 0 Å². The number of hydrogen-bond acceptors (Lipinski definition) is 3. The molecule has 0 atom stereocenters. The van der Waals surface area contributed by atoms with Crippen LogP contribution in [0.1, 0.15) is 22.3 Å². The SMILES string of the molecule is NC(=O)c1cc(C(F)(F)F)ccc1NCCC(=O)O. The van der Waals surface area contributed by atoms with Crippen LogP contribution in [-0.2, 0) is 11.0 Å². The number of alkyl halides is 3. The third-order valence-corrected chi connectivity index (χ3v) is 2.27. The average Bonchev–Trinajstić information content (AvgIpc) is 2.27. The maximum absolute atomic E-state index is 12.5. The van der Waals surface area contributed by atoms with Gasteiger partial charge in [-0.1, -0.05) is 0 Å². The zero-order chi connectivity index (χ0) is 14.6. The summed E-state index contributed by atoms with van der Waals surface area (Å²) in [5.41, 5.74) is 3.74. The van der Waals surface area contributed by atoms with Crippen LogP contribution in [0.4, 0.5) is 18.9 Å². The van der Waals surface area contributed by atoms with Gasteiger partial charge in [-0.15, -0.1) is 0 Å². The number of carbonyl (C=O) groups excluding carboxylic acids is 1. The minimum atomic E-state index is -4.58. The van der Waals surface area contributed by atoms with Gasteiger partial charge in [-0.3, -0.25) is 9.59 Å². The van der Waals surface area contributed by atoms with Gasteiger partial charge in [0.05, 0.1) is 17.5 Å². The molecule has 8 heteroatoms. The first-order chi connectivity index (χ1) is 8.71. The summed E-state index contributed by atoms with van der Waals surface area (Å²) in [7, 11) is 0. The van der Waals surface area contributed by atoms with Crippen molar-refractivity contribution in [3.8, 4) is 0 Å². The fourth-order valence-corrected chi connectivity index (χ4v) is 1.38. The van der Waals surface area contributed by atoms with E-state index in [0.29, 0.717) is 6.07 Å². The molecule has 0 heterocycles. The van der Waals surface area contributed by atoms with Gasteiger partial charge < -0.3 is 16.2 Å². The van der Waals surface area contributed by atoms with Crippen molar-refractivity contribution in [3.05, 3.63) is 29.3 Å². The lowest BCUT2D eigenvalue weighted by Gasteiger charge is -2.12. The van der Waals surface area contributed by atoms with E-state index in [0.717, 1.165) is 12.1 Å². The van der Waals surface area contributed by atoms with E-state index in [9.17, 15) is 22.8 Å². The second-order valence-electron chi connectivity index (χ2n) is 3.69. The number of anilines is 1. The molecule has 0 aliphatic heterocycles. The molecule has 0 saturated carbocycles. The molecule has 4 N–H and O–H groups in total. The molecule has 0 fully saturated rings. The van der Waals surface area contributed by atoms with Crippen LogP contribution in [-0.4, -0.2) is 23.5 Å². The smallest absolute Gasteiger partial charge is 0.416 e. The molecule has 1 amide bonds. The van der Waals surface area contributed by atoms with E-state index < -0.39 is 23.6 Å². The fourth-order valence-electron chi connectivity index (χ4n) is 1.38. The van der Waals surface area contributed by atoms with Gasteiger partial charge in [0.25, 0.3) is 5.91 Å². The maximum Gasteiger partial charge on any atom is 0.416 e. The molecule has 0 spiro atoms. The summed E-state index contributed by atoms with van der Waals surface area (Å²) < 4.78 is 37.4. The molecule has 19 heavy (non-hydrogen) atoms. The first-order valence-electron chi connectivity index (χ1n) is 5.18. The number of amides is 1. The van der Waals surface area contributed by atoms with E-state index >= 15 is 0 Å². The highest BCUT2D eigenvalue weighted by Gasteiger charge is 2.31. The summed E-state index contributed by atoms with van der Waals surface area (Å²) in [6.07, 6.45) is -4.82. The molecule has 5 nitrogen and oxygen atoms in total. The largest absolute Gasteiger partial charge is 0.481 e. The number of halogens is 3. The molecule has 0 unspecified atom stereocenters. The number of carbonyl (C=O) groups is 2. The van der Waals surface area contributed by atoms with Crippen LogP contribution in [0, 0.1) is 0 Å². The van der Waals surface area contributed by atoms with Crippen LogP contribution < -0.4 is 11.1 Å². The minimum absolute atomic E-state index is 0.0268. The predicted molar refractivity (Wildman–Crippen MR) is 60.7 cm³/mol. The van der Waals surface area contributed by atoms with E-state index in [-0.39, 0.29) is 24.2 Å². The Morgan fingerprint density at radius 1 is 1.32 bits per heavy atom. The number of benzene rings is 1. The number of carboxylic acid groups (broad SMARTS) is 1.